The van der Waals surface area contributed by atoms with E-state index < -0.39 is 0 Å². The number of benzene rings is 10. The van der Waals surface area contributed by atoms with Gasteiger partial charge in [0.25, 0.3) is 0 Å². The van der Waals surface area contributed by atoms with E-state index in [9.17, 15) is 0 Å². The summed E-state index contributed by atoms with van der Waals surface area (Å²) < 4.78 is 5.17. The van der Waals surface area contributed by atoms with E-state index >= 15 is 0 Å². The van der Waals surface area contributed by atoms with Gasteiger partial charge < -0.3 is 4.57 Å². The summed E-state index contributed by atoms with van der Waals surface area (Å²) in [6, 6.07) is 78.8. The van der Waals surface area contributed by atoms with Gasteiger partial charge in [0, 0.05) is 42.6 Å². The monoisotopic (exact) mass is 853 g/mol. The molecule has 12 aromatic rings. The third-order valence-electron chi connectivity index (χ3n) is 14.5. The van der Waals surface area contributed by atoms with E-state index in [0.29, 0.717) is 0 Å². The van der Waals surface area contributed by atoms with Crippen LogP contribution in [0.3, 0.4) is 0 Å². The lowest BCUT2D eigenvalue weighted by molar-refractivity contribution is 1.04. The Morgan fingerprint density at radius 3 is 1.67 bits per heavy atom. The van der Waals surface area contributed by atoms with E-state index in [-0.39, 0.29) is 5.92 Å². The first kappa shape index (κ1) is 38.8. The van der Waals surface area contributed by atoms with Gasteiger partial charge in [-0.1, -0.05) is 174 Å². The summed E-state index contributed by atoms with van der Waals surface area (Å²) >= 11 is 1.91. The van der Waals surface area contributed by atoms with Crippen molar-refractivity contribution in [2.75, 3.05) is 0 Å². The predicted molar refractivity (Wildman–Crippen MR) is 293 cm³/mol. The van der Waals surface area contributed by atoms with E-state index in [1.54, 1.807) is 0 Å². The fourth-order valence-corrected chi connectivity index (χ4v) is 12.6. The maximum Gasteiger partial charge on any atom is 0.140 e. The van der Waals surface area contributed by atoms with E-state index in [2.05, 4.69) is 240 Å². The molecule has 0 N–H and O–H groups in total. The van der Waals surface area contributed by atoms with Crippen LogP contribution >= 0.6 is 11.3 Å². The summed E-state index contributed by atoms with van der Waals surface area (Å²) in [6.45, 7) is 0. The molecule has 0 radical (unpaired) electrons. The zero-order chi connectivity index (χ0) is 44.0. The van der Waals surface area contributed by atoms with Crippen molar-refractivity contribution in [1.82, 2.24) is 4.57 Å². The highest BCUT2D eigenvalue weighted by Gasteiger charge is 2.35. The van der Waals surface area contributed by atoms with Crippen LogP contribution in [-0.4, -0.2) is 28.1 Å². The molecule has 1 atom stereocenters. The standard InChI is InChI=1S/C61H42B3NS/c62-59-54(60(63)61(64)58-56(44-22-7-8-23-45(44)57(58)59)47-25-13-27-53-55(47)46-24-9-10-26-52(46)66-53)42-29-31-51-49(35-42)48-34-41(39-19-11-18-38(32-39)36-14-3-1-4-15-36)28-30-50(48)65(51)43-21-12-20-40(33-43)37-16-5-2-6-17-37/h1-35,56H,62-64H2. The predicted octanol–water partition coefficient (Wildman–Crippen LogP) is 11.8. The first-order valence-electron chi connectivity index (χ1n) is 23.0. The van der Waals surface area contributed by atoms with Gasteiger partial charge in [0.05, 0.1) is 11.0 Å². The summed E-state index contributed by atoms with van der Waals surface area (Å²) in [5.74, 6) is 0.148. The fraction of sp³-hybridized carbons (Fsp3) is 0.0164. The number of hydrogen-bond acceptors (Lipinski definition) is 1. The lowest BCUT2D eigenvalue weighted by Gasteiger charge is -2.24. The SMILES string of the molecule is Bc1c(B)c2c(c(B)c1-c1ccc3c(c1)c1cc(-c4cccc(-c5ccccc5)c4)ccc1n3-c1cccc(-c3ccccc3)c1)-c1ccccc1C2c1cccc2sc3ccccc3c12. The molecule has 0 aliphatic heterocycles. The Morgan fingerprint density at radius 1 is 0.364 bits per heavy atom. The molecular formula is C61H42B3NS. The summed E-state index contributed by atoms with van der Waals surface area (Å²) in [7, 11) is 7.11. The third kappa shape index (κ3) is 5.97. The molecule has 1 aliphatic rings. The van der Waals surface area contributed by atoms with Gasteiger partial charge in [0.15, 0.2) is 0 Å². The molecule has 2 aromatic heterocycles. The lowest BCUT2D eigenvalue weighted by Crippen LogP contribution is -2.37. The van der Waals surface area contributed by atoms with Crippen LogP contribution in [0.1, 0.15) is 22.6 Å². The fourth-order valence-electron chi connectivity index (χ4n) is 11.4. The van der Waals surface area contributed by atoms with Crippen LogP contribution in [0.25, 0.3) is 103 Å². The molecule has 2 heterocycles. The second-order valence-electron chi connectivity index (χ2n) is 18.0. The molecule has 13 rings (SSSR count). The van der Waals surface area contributed by atoms with Crippen LogP contribution in [0.4, 0.5) is 0 Å². The van der Waals surface area contributed by atoms with Crippen molar-refractivity contribution in [2.45, 2.75) is 5.92 Å². The summed E-state index contributed by atoms with van der Waals surface area (Å²) in [5, 5.41) is 5.24. The van der Waals surface area contributed by atoms with Gasteiger partial charge >= 0.3 is 0 Å². The number of aromatic nitrogens is 1. The van der Waals surface area contributed by atoms with Crippen LogP contribution in [0.5, 0.6) is 0 Å². The molecule has 1 nitrogen and oxygen atoms in total. The molecule has 0 saturated carbocycles. The quantitative estimate of drug-likeness (QED) is 0.147. The van der Waals surface area contributed by atoms with Gasteiger partial charge in [-0.05, 0) is 127 Å². The van der Waals surface area contributed by atoms with Gasteiger partial charge in [0.1, 0.15) is 23.5 Å². The highest BCUT2D eigenvalue weighted by atomic mass is 32.1. The molecule has 0 fully saturated rings. The average molecular weight is 854 g/mol. The van der Waals surface area contributed by atoms with E-state index in [0.717, 1.165) is 5.69 Å². The molecule has 5 heteroatoms. The molecule has 0 saturated heterocycles. The topological polar surface area (TPSA) is 4.93 Å². The van der Waals surface area contributed by atoms with Crippen molar-refractivity contribution >= 4 is 93.2 Å². The van der Waals surface area contributed by atoms with Crippen LogP contribution in [-0.2, 0) is 0 Å². The van der Waals surface area contributed by atoms with Crippen molar-refractivity contribution < 1.29 is 0 Å². The zero-order valence-corrected chi connectivity index (χ0v) is 38.0. The molecule has 1 aliphatic carbocycles. The Morgan fingerprint density at radius 2 is 0.909 bits per heavy atom. The maximum absolute atomic E-state index is 2.48. The number of nitrogens with zero attached hydrogens (tertiary/aromatic N) is 1. The molecule has 0 bridgehead atoms. The lowest BCUT2D eigenvalue weighted by atomic mass is 9.65. The van der Waals surface area contributed by atoms with Gasteiger partial charge in [-0.25, -0.2) is 0 Å². The Labute approximate surface area is 391 Å². The first-order valence-corrected chi connectivity index (χ1v) is 23.9. The molecule has 10 aromatic carbocycles. The van der Waals surface area contributed by atoms with Gasteiger partial charge in [-0.15, -0.1) is 11.3 Å². The minimum absolute atomic E-state index is 0.148. The Kier molecular flexibility index (Phi) is 8.98. The second-order valence-corrected chi connectivity index (χ2v) is 19.1. The number of hydrogen-bond donors (Lipinski definition) is 0. The minimum atomic E-state index is 0.148. The molecular weight excluding hydrogens is 811 g/mol. The largest absolute Gasteiger partial charge is 0.309 e. The smallest absolute Gasteiger partial charge is 0.140 e. The average Bonchev–Trinajstić information content (AvgIpc) is 4.04. The number of rotatable bonds is 6. The van der Waals surface area contributed by atoms with E-state index in [1.165, 1.54) is 131 Å². The van der Waals surface area contributed by atoms with Crippen molar-refractivity contribution in [3.63, 3.8) is 0 Å². The van der Waals surface area contributed by atoms with E-state index in [4.69, 9.17) is 0 Å². The maximum atomic E-state index is 2.48. The van der Waals surface area contributed by atoms with Crippen molar-refractivity contribution in [2.24, 2.45) is 0 Å². The van der Waals surface area contributed by atoms with Gasteiger partial charge in [-0.3, -0.25) is 0 Å². The van der Waals surface area contributed by atoms with E-state index in [1.807, 2.05) is 11.3 Å². The molecule has 306 valence electrons. The van der Waals surface area contributed by atoms with Crippen molar-refractivity contribution in [1.29, 1.82) is 0 Å². The zero-order valence-electron chi connectivity index (χ0n) is 37.1. The normalized spacial score (nSPS) is 13.2. The Hall–Kier alpha value is -7.59. The third-order valence-corrected chi connectivity index (χ3v) is 15.6. The van der Waals surface area contributed by atoms with Gasteiger partial charge in [0.2, 0.25) is 0 Å². The number of thiophene rings is 1. The summed E-state index contributed by atoms with van der Waals surface area (Å²) in [6.07, 6.45) is 0. The highest BCUT2D eigenvalue weighted by Crippen LogP contribution is 2.50. The molecule has 66 heavy (non-hydrogen) atoms. The molecule has 0 spiro atoms. The highest BCUT2D eigenvalue weighted by molar-refractivity contribution is 7.25. The van der Waals surface area contributed by atoms with Crippen molar-refractivity contribution in [3.8, 4) is 61.3 Å². The minimum Gasteiger partial charge on any atom is -0.309 e. The van der Waals surface area contributed by atoms with Crippen LogP contribution in [0, 0.1) is 0 Å². The molecule has 1 unspecified atom stereocenters. The van der Waals surface area contributed by atoms with Crippen molar-refractivity contribution in [3.05, 3.63) is 229 Å². The Balaban J connectivity index is 1.03. The molecule has 0 amide bonds. The van der Waals surface area contributed by atoms with Crippen LogP contribution < -0.4 is 16.4 Å². The van der Waals surface area contributed by atoms with Crippen LogP contribution in [0.15, 0.2) is 212 Å². The number of fused-ring (bicyclic) bond motifs is 9. The van der Waals surface area contributed by atoms with Crippen LogP contribution in [0.2, 0.25) is 0 Å². The second kappa shape index (κ2) is 15.3. The summed E-state index contributed by atoms with van der Waals surface area (Å²) in [5.41, 5.74) is 24.5. The Bertz CT molecular complexity index is 3920. The summed E-state index contributed by atoms with van der Waals surface area (Å²) in [4.78, 5) is 0. The van der Waals surface area contributed by atoms with Gasteiger partial charge in [-0.2, -0.15) is 0 Å². The first-order chi connectivity index (χ1) is 32.5.